The molecule has 0 aliphatic carbocycles. The first-order valence-electron chi connectivity index (χ1n) is 8.44. The molecule has 0 radical (unpaired) electrons. The Labute approximate surface area is 143 Å². The van der Waals surface area contributed by atoms with Crippen molar-refractivity contribution < 1.29 is 9.90 Å². The van der Waals surface area contributed by atoms with E-state index in [1.54, 1.807) is 0 Å². The maximum atomic E-state index is 11.9. The Bertz CT molecular complexity index is 686. The summed E-state index contributed by atoms with van der Waals surface area (Å²) in [5.74, 6) is -0.707. The van der Waals surface area contributed by atoms with Gasteiger partial charge in [0.2, 0.25) is 0 Å². The molecule has 0 unspecified atom stereocenters. The van der Waals surface area contributed by atoms with Crippen LogP contribution in [-0.4, -0.2) is 29.1 Å². The standard InChI is InChI=1S/C21H23NO2/c23-20(24)21(19-11-5-2-6-12-19)13-16-22(17-14-21)15-7-10-18-8-3-1-4-9-18/h1-9,11-12,15H,10,13-14,16-17H2,(H,23,24). The van der Waals surface area contributed by atoms with Crippen molar-refractivity contribution in [2.24, 2.45) is 0 Å². The third-order valence-corrected chi connectivity index (χ3v) is 4.90. The lowest BCUT2D eigenvalue weighted by Crippen LogP contribution is -2.45. The van der Waals surface area contributed by atoms with E-state index in [2.05, 4.69) is 29.3 Å². The van der Waals surface area contributed by atoms with Gasteiger partial charge in [-0.15, -0.1) is 0 Å². The predicted molar refractivity (Wildman–Crippen MR) is 95.8 cm³/mol. The molecule has 0 atom stereocenters. The van der Waals surface area contributed by atoms with E-state index in [1.807, 2.05) is 48.5 Å². The summed E-state index contributed by atoms with van der Waals surface area (Å²) in [5.41, 5.74) is 1.46. The van der Waals surface area contributed by atoms with Gasteiger partial charge in [0.15, 0.2) is 0 Å². The molecule has 1 heterocycles. The molecule has 1 saturated heterocycles. The second kappa shape index (κ2) is 7.35. The molecule has 1 aliphatic rings. The van der Waals surface area contributed by atoms with Crippen molar-refractivity contribution in [1.82, 2.24) is 4.90 Å². The van der Waals surface area contributed by atoms with Crippen LogP contribution in [0.25, 0.3) is 0 Å². The van der Waals surface area contributed by atoms with Crippen molar-refractivity contribution >= 4 is 5.97 Å². The number of carboxylic acids is 1. The van der Waals surface area contributed by atoms with Crippen LogP contribution in [0.5, 0.6) is 0 Å². The van der Waals surface area contributed by atoms with Gasteiger partial charge in [-0.2, -0.15) is 0 Å². The van der Waals surface area contributed by atoms with E-state index in [-0.39, 0.29) is 0 Å². The zero-order chi connectivity index (χ0) is 16.8. The number of piperidine rings is 1. The van der Waals surface area contributed by atoms with Gasteiger partial charge in [-0.05, 0) is 36.6 Å². The molecular formula is C21H23NO2. The highest BCUT2D eigenvalue weighted by Gasteiger charge is 2.42. The van der Waals surface area contributed by atoms with Crippen LogP contribution < -0.4 is 0 Å². The summed E-state index contributed by atoms with van der Waals surface area (Å²) in [6, 6.07) is 20.0. The summed E-state index contributed by atoms with van der Waals surface area (Å²) in [6.07, 6.45) is 6.46. The molecule has 3 nitrogen and oxygen atoms in total. The van der Waals surface area contributed by atoms with E-state index < -0.39 is 11.4 Å². The summed E-state index contributed by atoms with van der Waals surface area (Å²) < 4.78 is 0. The van der Waals surface area contributed by atoms with Crippen molar-refractivity contribution in [2.45, 2.75) is 24.7 Å². The number of hydrogen-bond acceptors (Lipinski definition) is 2. The predicted octanol–water partition coefficient (Wildman–Crippen LogP) is 3.86. The number of likely N-dealkylation sites (tertiary alicyclic amines) is 1. The van der Waals surface area contributed by atoms with E-state index >= 15 is 0 Å². The lowest BCUT2D eigenvalue weighted by molar-refractivity contribution is -0.145. The SMILES string of the molecule is O=C(O)C1(c2ccccc2)CCN(C=CCc2ccccc2)CC1. The zero-order valence-electron chi connectivity index (χ0n) is 13.8. The van der Waals surface area contributed by atoms with Gasteiger partial charge >= 0.3 is 5.97 Å². The van der Waals surface area contributed by atoms with E-state index in [0.29, 0.717) is 12.8 Å². The van der Waals surface area contributed by atoms with Crippen LogP contribution in [0.4, 0.5) is 0 Å². The minimum atomic E-state index is -0.745. The van der Waals surface area contributed by atoms with Crippen LogP contribution in [0.2, 0.25) is 0 Å². The Balaban J connectivity index is 1.63. The average Bonchev–Trinajstić information content (AvgIpc) is 2.64. The van der Waals surface area contributed by atoms with Crippen LogP contribution in [0, 0.1) is 0 Å². The third kappa shape index (κ3) is 3.51. The zero-order valence-corrected chi connectivity index (χ0v) is 13.8. The van der Waals surface area contributed by atoms with Crippen molar-refractivity contribution in [3.05, 3.63) is 84.1 Å². The van der Waals surface area contributed by atoms with Gasteiger partial charge < -0.3 is 10.0 Å². The van der Waals surface area contributed by atoms with Crippen LogP contribution >= 0.6 is 0 Å². The van der Waals surface area contributed by atoms with Gasteiger partial charge in [0.25, 0.3) is 0 Å². The molecule has 1 N–H and O–H groups in total. The topological polar surface area (TPSA) is 40.5 Å². The second-order valence-corrected chi connectivity index (χ2v) is 6.36. The lowest BCUT2D eigenvalue weighted by Gasteiger charge is -2.38. The molecule has 2 aromatic carbocycles. The summed E-state index contributed by atoms with van der Waals surface area (Å²) >= 11 is 0. The first-order valence-corrected chi connectivity index (χ1v) is 8.44. The van der Waals surface area contributed by atoms with E-state index in [9.17, 15) is 9.90 Å². The number of benzene rings is 2. The maximum absolute atomic E-state index is 11.9. The van der Waals surface area contributed by atoms with Crippen LogP contribution in [0.3, 0.4) is 0 Å². The molecule has 0 spiro atoms. The van der Waals surface area contributed by atoms with Crippen molar-refractivity contribution in [1.29, 1.82) is 0 Å². The first kappa shape index (κ1) is 16.3. The molecular weight excluding hydrogens is 298 g/mol. The van der Waals surface area contributed by atoms with Crippen LogP contribution in [0.1, 0.15) is 24.0 Å². The Hall–Kier alpha value is -2.55. The monoisotopic (exact) mass is 321 g/mol. The molecule has 0 bridgehead atoms. The van der Waals surface area contributed by atoms with Crippen LogP contribution in [0.15, 0.2) is 72.9 Å². The minimum Gasteiger partial charge on any atom is -0.481 e. The lowest BCUT2D eigenvalue weighted by atomic mass is 9.73. The second-order valence-electron chi connectivity index (χ2n) is 6.36. The summed E-state index contributed by atoms with van der Waals surface area (Å²) in [5, 5.41) is 9.82. The fourth-order valence-corrected chi connectivity index (χ4v) is 3.39. The van der Waals surface area contributed by atoms with Crippen molar-refractivity contribution in [2.75, 3.05) is 13.1 Å². The van der Waals surface area contributed by atoms with Gasteiger partial charge in [0.1, 0.15) is 0 Å². The summed E-state index contributed by atoms with van der Waals surface area (Å²) in [6.45, 7) is 1.54. The summed E-state index contributed by atoms with van der Waals surface area (Å²) in [7, 11) is 0. The molecule has 1 aliphatic heterocycles. The first-order chi connectivity index (χ1) is 11.7. The Morgan fingerprint density at radius 1 is 1.00 bits per heavy atom. The molecule has 24 heavy (non-hydrogen) atoms. The Morgan fingerprint density at radius 2 is 1.58 bits per heavy atom. The van der Waals surface area contributed by atoms with E-state index in [1.165, 1.54) is 5.56 Å². The number of hydrogen-bond donors (Lipinski definition) is 1. The molecule has 1 fully saturated rings. The number of rotatable bonds is 5. The number of carbonyl (C=O) groups is 1. The van der Waals surface area contributed by atoms with Crippen molar-refractivity contribution in [3.8, 4) is 0 Å². The fourth-order valence-electron chi connectivity index (χ4n) is 3.39. The largest absolute Gasteiger partial charge is 0.481 e. The van der Waals surface area contributed by atoms with Gasteiger partial charge in [-0.25, -0.2) is 0 Å². The molecule has 0 aromatic heterocycles. The number of carboxylic acid groups (broad SMARTS) is 1. The quantitative estimate of drug-likeness (QED) is 0.909. The average molecular weight is 321 g/mol. The smallest absolute Gasteiger partial charge is 0.314 e. The number of aliphatic carboxylic acids is 1. The molecule has 2 aromatic rings. The van der Waals surface area contributed by atoms with E-state index in [0.717, 1.165) is 25.1 Å². The van der Waals surface area contributed by atoms with Gasteiger partial charge in [0.05, 0.1) is 5.41 Å². The highest BCUT2D eigenvalue weighted by atomic mass is 16.4. The normalized spacial score (nSPS) is 17.1. The van der Waals surface area contributed by atoms with E-state index in [4.69, 9.17) is 0 Å². The number of nitrogens with zero attached hydrogens (tertiary/aromatic N) is 1. The van der Waals surface area contributed by atoms with Crippen molar-refractivity contribution in [3.63, 3.8) is 0 Å². The Morgan fingerprint density at radius 3 is 2.17 bits per heavy atom. The highest BCUT2D eigenvalue weighted by molar-refractivity contribution is 5.81. The highest BCUT2D eigenvalue weighted by Crippen LogP contribution is 2.35. The Kier molecular flexibility index (Phi) is 4.99. The fraction of sp³-hybridized carbons (Fsp3) is 0.286. The third-order valence-electron chi connectivity index (χ3n) is 4.90. The van der Waals surface area contributed by atoms with Gasteiger partial charge in [-0.3, -0.25) is 4.79 Å². The molecule has 3 heteroatoms. The number of allylic oxidation sites excluding steroid dienone is 1. The maximum Gasteiger partial charge on any atom is 0.314 e. The molecule has 3 rings (SSSR count). The van der Waals surface area contributed by atoms with Gasteiger partial charge in [0, 0.05) is 13.1 Å². The van der Waals surface area contributed by atoms with Crippen LogP contribution in [-0.2, 0) is 16.6 Å². The molecule has 124 valence electrons. The summed E-state index contributed by atoms with van der Waals surface area (Å²) in [4.78, 5) is 14.2. The minimum absolute atomic E-state index is 0.641. The molecule has 0 saturated carbocycles. The van der Waals surface area contributed by atoms with Gasteiger partial charge in [-0.1, -0.05) is 66.7 Å². The molecule has 0 amide bonds.